The third-order valence-corrected chi connectivity index (χ3v) is 4.50. The van der Waals surface area contributed by atoms with Crippen molar-refractivity contribution in [1.29, 1.82) is 0 Å². The zero-order valence-corrected chi connectivity index (χ0v) is 15.1. The fraction of sp³-hybridized carbons (Fsp3) is 0.0455. The number of carbonyl (C=O) groups is 1. The van der Waals surface area contributed by atoms with Gasteiger partial charge in [-0.2, -0.15) is 0 Å². The van der Waals surface area contributed by atoms with E-state index in [9.17, 15) is 9.18 Å². The third kappa shape index (κ3) is 3.40. The van der Waals surface area contributed by atoms with E-state index in [1.54, 1.807) is 24.5 Å². The number of pyridine rings is 1. The van der Waals surface area contributed by atoms with Crippen LogP contribution < -0.4 is 5.32 Å². The van der Waals surface area contributed by atoms with Gasteiger partial charge in [0.1, 0.15) is 11.6 Å². The van der Waals surface area contributed by atoms with Gasteiger partial charge >= 0.3 is 0 Å². The summed E-state index contributed by atoms with van der Waals surface area (Å²) in [6.07, 6.45) is 4.08. The van der Waals surface area contributed by atoms with Crippen LogP contribution in [0.5, 0.6) is 0 Å². The minimum Gasteiger partial charge on any atom is -0.337 e. The number of imidazole rings is 1. The molecule has 0 aliphatic heterocycles. The Balaban J connectivity index is 1.86. The minimum absolute atomic E-state index is 0.293. The molecule has 2 N–H and O–H groups in total. The maximum Gasteiger partial charge on any atom is 0.211 e. The zero-order valence-electron chi connectivity index (χ0n) is 15.1. The number of rotatable bonds is 5. The molecule has 0 radical (unpaired) electrons. The van der Waals surface area contributed by atoms with E-state index in [4.69, 9.17) is 4.98 Å². The van der Waals surface area contributed by atoms with Crippen LogP contribution in [-0.4, -0.2) is 21.4 Å². The van der Waals surface area contributed by atoms with Crippen molar-refractivity contribution in [2.24, 2.45) is 0 Å². The van der Waals surface area contributed by atoms with Crippen molar-refractivity contribution in [3.05, 3.63) is 78.4 Å². The van der Waals surface area contributed by atoms with E-state index < -0.39 is 0 Å². The van der Waals surface area contributed by atoms with Gasteiger partial charge in [-0.05, 0) is 67.1 Å². The molecule has 0 aliphatic rings. The molecule has 4 rings (SSSR count). The number of aromatic nitrogens is 3. The number of hydrogen-bond acceptors (Lipinski definition) is 3. The van der Waals surface area contributed by atoms with E-state index in [0.717, 1.165) is 39.3 Å². The summed E-state index contributed by atoms with van der Waals surface area (Å²) < 4.78 is 13.4. The van der Waals surface area contributed by atoms with Gasteiger partial charge in [0.15, 0.2) is 0 Å². The number of nitrogens with zero attached hydrogens (tertiary/aromatic N) is 2. The van der Waals surface area contributed by atoms with Gasteiger partial charge in [0.05, 0.1) is 11.4 Å². The second-order valence-corrected chi connectivity index (χ2v) is 6.34. The first-order valence-electron chi connectivity index (χ1n) is 8.73. The Morgan fingerprint density at radius 2 is 1.75 bits per heavy atom. The topological polar surface area (TPSA) is 70.7 Å². The number of hydrogen-bond donors (Lipinski definition) is 2. The van der Waals surface area contributed by atoms with Crippen molar-refractivity contribution >= 4 is 12.1 Å². The highest BCUT2D eigenvalue weighted by Crippen LogP contribution is 2.34. The van der Waals surface area contributed by atoms with Crippen LogP contribution in [0, 0.1) is 12.7 Å². The van der Waals surface area contributed by atoms with Gasteiger partial charge in [0.2, 0.25) is 6.41 Å². The van der Waals surface area contributed by atoms with E-state index in [-0.39, 0.29) is 5.82 Å². The lowest BCUT2D eigenvalue weighted by Crippen LogP contribution is -1.95. The average molecular weight is 372 g/mol. The third-order valence-electron chi connectivity index (χ3n) is 4.50. The summed E-state index contributed by atoms with van der Waals surface area (Å²) in [6.45, 7) is 1.96. The predicted molar refractivity (Wildman–Crippen MR) is 107 cm³/mol. The monoisotopic (exact) mass is 372 g/mol. The fourth-order valence-electron chi connectivity index (χ4n) is 3.13. The lowest BCUT2D eigenvalue weighted by Gasteiger charge is -2.05. The quantitative estimate of drug-likeness (QED) is 0.493. The Morgan fingerprint density at radius 3 is 2.43 bits per heavy atom. The molecule has 2 heterocycles. The molecule has 0 unspecified atom stereocenters. The van der Waals surface area contributed by atoms with E-state index in [0.29, 0.717) is 12.2 Å². The predicted octanol–water partition coefficient (Wildman–Crippen LogP) is 4.82. The summed E-state index contributed by atoms with van der Waals surface area (Å²) in [5, 5.41) is 2.65. The highest BCUT2D eigenvalue weighted by Gasteiger charge is 2.16. The van der Waals surface area contributed by atoms with Crippen LogP contribution in [0.3, 0.4) is 0 Å². The summed E-state index contributed by atoms with van der Waals surface area (Å²) >= 11 is 0. The minimum atomic E-state index is -0.293. The van der Waals surface area contributed by atoms with Crippen LogP contribution in [-0.2, 0) is 4.79 Å². The van der Waals surface area contributed by atoms with Gasteiger partial charge in [-0.3, -0.25) is 9.78 Å². The number of aryl methyl sites for hydroxylation is 1. The standard InChI is InChI=1S/C22H17FN4O/c1-14-12-18(25-13-28)6-7-19(14)22-26-20(15-2-4-17(23)5-3-15)21(27-22)16-8-10-24-11-9-16/h2-13H,1H3,(H,25,28)(H,26,27). The fourth-order valence-corrected chi connectivity index (χ4v) is 3.13. The molecule has 1 amide bonds. The van der Waals surface area contributed by atoms with E-state index in [1.807, 2.05) is 37.3 Å². The molecule has 4 aromatic rings. The molecule has 0 saturated carbocycles. The molecule has 0 atom stereocenters. The van der Waals surface area contributed by atoms with Gasteiger partial charge in [0, 0.05) is 34.8 Å². The van der Waals surface area contributed by atoms with Crippen molar-refractivity contribution in [2.75, 3.05) is 5.32 Å². The van der Waals surface area contributed by atoms with Gasteiger partial charge < -0.3 is 10.3 Å². The first kappa shape index (κ1) is 17.6. The van der Waals surface area contributed by atoms with Crippen LogP contribution in [0.15, 0.2) is 67.0 Å². The lowest BCUT2D eigenvalue weighted by molar-refractivity contribution is -0.105. The Hall–Kier alpha value is -3.80. The summed E-state index contributed by atoms with van der Waals surface area (Å²) in [5.41, 5.74) is 5.91. The number of anilines is 1. The smallest absolute Gasteiger partial charge is 0.211 e. The normalized spacial score (nSPS) is 10.6. The zero-order chi connectivity index (χ0) is 19.5. The van der Waals surface area contributed by atoms with Crippen molar-refractivity contribution in [2.45, 2.75) is 6.92 Å². The first-order valence-corrected chi connectivity index (χ1v) is 8.73. The number of halogens is 1. The molecule has 0 fully saturated rings. The van der Waals surface area contributed by atoms with Gasteiger partial charge in [-0.1, -0.05) is 0 Å². The SMILES string of the molecule is Cc1cc(NC=O)ccc1-c1nc(-c2ccc(F)cc2)c(-c2ccncc2)[nH]1. The molecule has 6 heteroatoms. The maximum absolute atomic E-state index is 13.4. The van der Waals surface area contributed by atoms with Crippen molar-refractivity contribution in [3.8, 4) is 33.9 Å². The highest BCUT2D eigenvalue weighted by atomic mass is 19.1. The van der Waals surface area contributed by atoms with Crippen LogP contribution in [0.4, 0.5) is 10.1 Å². The van der Waals surface area contributed by atoms with Crippen LogP contribution in [0.2, 0.25) is 0 Å². The molecule has 2 aromatic carbocycles. The second kappa shape index (κ2) is 7.44. The van der Waals surface area contributed by atoms with Crippen LogP contribution in [0.1, 0.15) is 5.56 Å². The van der Waals surface area contributed by atoms with E-state index in [1.165, 1.54) is 12.1 Å². The Bertz CT molecular complexity index is 1120. The Kier molecular flexibility index (Phi) is 4.68. The molecule has 0 bridgehead atoms. The molecular weight excluding hydrogens is 355 g/mol. The number of carbonyl (C=O) groups excluding carboxylic acids is 1. The molecule has 28 heavy (non-hydrogen) atoms. The maximum atomic E-state index is 13.4. The highest BCUT2D eigenvalue weighted by molar-refractivity contribution is 5.82. The Morgan fingerprint density at radius 1 is 1.00 bits per heavy atom. The molecular formula is C22H17FN4O. The molecule has 5 nitrogen and oxygen atoms in total. The van der Waals surface area contributed by atoms with E-state index in [2.05, 4.69) is 15.3 Å². The summed E-state index contributed by atoms with van der Waals surface area (Å²) in [6, 6.07) is 15.7. The van der Waals surface area contributed by atoms with Crippen LogP contribution >= 0.6 is 0 Å². The molecule has 138 valence electrons. The summed E-state index contributed by atoms with van der Waals surface area (Å²) in [5.74, 6) is 0.403. The number of aromatic amines is 1. The molecule has 2 aromatic heterocycles. The van der Waals surface area contributed by atoms with Gasteiger partial charge in [0.25, 0.3) is 0 Å². The second-order valence-electron chi connectivity index (χ2n) is 6.34. The van der Waals surface area contributed by atoms with Crippen LogP contribution in [0.25, 0.3) is 33.9 Å². The van der Waals surface area contributed by atoms with Crippen molar-refractivity contribution < 1.29 is 9.18 Å². The van der Waals surface area contributed by atoms with Gasteiger partial charge in [-0.25, -0.2) is 9.37 Å². The van der Waals surface area contributed by atoms with E-state index >= 15 is 0 Å². The molecule has 0 saturated heterocycles. The average Bonchev–Trinajstić information content (AvgIpc) is 3.15. The number of benzene rings is 2. The number of nitrogens with one attached hydrogen (secondary N) is 2. The van der Waals surface area contributed by atoms with Crippen molar-refractivity contribution in [1.82, 2.24) is 15.0 Å². The molecule has 0 aliphatic carbocycles. The Labute approximate surface area is 161 Å². The lowest BCUT2D eigenvalue weighted by atomic mass is 10.1. The van der Waals surface area contributed by atoms with Gasteiger partial charge in [-0.15, -0.1) is 0 Å². The molecule has 0 spiro atoms. The first-order chi connectivity index (χ1) is 13.7. The summed E-state index contributed by atoms with van der Waals surface area (Å²) in [4.78, 5) is 22.9. The number of H-pyrrole nitrogens is 1. The van der Waals surface area contributed by atoms with Crippen molar-refractivity contribution in [3.63, 3.8) is 0 Å². The largest absolute Gasteiger partial charge is 0.337 e. The summed E-state index contributed by atoms with van der Waals surface area (Å²) in [7, 11) is 0. The number of amides is 1.